The van der Waals surface area contributed by atoms with Crippen molar-refractivity contribution in [1.29, 1.82) is 0 Å². The van der Waals surface area contributed by atoms with E-state index in [1.54, 1.807) is 18.2 Å². The SMILES string of the molecule is C#Cc1ccc(CNC=C)cc1.COCC(C)(C)C(NN)C(=O)N1CCC(O)C1. The highest BCUT2D eigenvalue weighted by Gasteiger charge is 2.38. The number of aliphatic hydroxyl groups is 1. The molecule has 2 atom stereocenters. The first-order valence-corrected chi connectivity index (χ1v) is 9.60. The van der Waals surface area contributed by atoms with Crippen molar-refractivity contribution in [3.8, 4) is 12.3 Å². The van der Waals surface area contributed by atoms with Gasteiger partial charge in [0.15, 0.2) is 0 Å². The minimum atomic E-state index is -0.507. The molecule has 0 saturated carbocycles. The average molecular weight is 403 g/mol. The molecule has 2 rings (SSSR count). The highest BCUT2D eigenvalue weighted by Crippen LogP contribution is 2.23. The first-order valence-electron chi connectivity index (χ1n) is 9.60. The van der Waals surface area contributed by atoms with Gasteiger partial charge < -0.3 is 20.1 Å². The van der Waals surface area contributed by atoms with E-state index >= 15 is 0 Å². The maximum absolute atomic E-state index is 12.3. The van der Waals surface area contributed by atoms with Gasteiger partial charge in [0.2, 0.25) is 5.91 Å². The fraction of sp³-hybridized carbons (Fsp3) is 0.500. The maximum atomic E-state index is 12.3. The Bertz CT molecular complexity index is 682. The summed E-state index contributed by atoms with van der Waals surface area (Å²) >= 11 is 0. The van der Waals surface area contributed by atoms with E-state index in [2.05, 4.69) is 23.2 Å². The highest BCUT2D eigenvalue weighted by molar-refractivity contribution is 5.83. The molecule has 160 valence electrons. The zero-order chi connectivity index (χ0) is 21.9. The lowest BCUT2D eigenvalue weighted by molar-refractivity contribution is -0.136. The molecule has 7 heteroatoms. The number of rotatable bonds is 8. The minimum absolute atomic E-state index is 0.0777. The highest BCUT2D eigenvalue weighted by atomic mass is 16.5. The normalized spacial score (nSPS) is 17.0. The second-order valence-electron chi connectivity index (χ2n) is 7.67. The van der Waals surface area contributed by atoms with E-state index in [4.69, 9.17) is 17.0 Å². The predicted octanol–water partition coefficient (Wildman–Crippen LogP) is 0.985. The van der Waals surface area contributed by atoms with Crippen LogP contribution in [0.5, 0.6) is 0 Å². The zero-order valence-corrected chi connectivity index (χ0v) is 17.6. The molecule has 1 aromatic carbocycles. The van der Waals surface area contributed by atoms with Crippen molar-refractivity contribution < 1.29 is 14.6 Å². The van der Waals surface area contributed by atoms with E-state index in [0.717, 1.165) is 12.1 Å². The molecular weight excluding hydrogens is 368 g/mol. The number of nitrogens with two attached hydrogens (primary N) is 1. The molecule has 1 fully saturated rings. The van der Waals surface area contributed by atoms with E-state index in [1.165, 1.54) is 5.56 Å². The first-order chi connectivity index (χ1) is 13.8. The fourth-order valence-corrected chi connectivity index (χ4v) is 3.12. The largest absolute Gasteiger partial charge is 0.391 e. The van der Waals surface area contributed by atoms with Gasteiger partial charge in [0.1, 0.15) is 6.04 Å². The monoisotopic (exact) mass is 402 g/mol. The summed E-state index contributed by atoms with van der Waals surface area (Å²) < 4.78 is 5.11. The van der Waals surface area contributed by atoms with E-state index in [9.17, 15) is 9.90 Å². The molecule has 5 N–H and O–H groups in total. The molecule has 29 heavy (non-hydrogen) atoms. The van der Waals surface area contributed by atoms with Gasteiger partial charge in [0, 0.05) is 37.7 Å². The summed E-state index contributed by atoms with van der Waals surface area (Å²) in [6.07, 6.45) is 7.11. The number of aliphatic hydroxyl groups excluding tert-OH is 1. The smallest absolute Gasteiger partial charge is 0.241 e. The molecule has 0 bridgehead atoms. The Labute approximate surface area is 174 Å². The van der Waals surface area contributed by atoms with Crippen molar-refractivity contribution in [2.24, 2.45) is 11.3 Å². The Hall–Kier alpha value is -2.37. The van der Waals surface area contributed by atoms with Gasteiger partial charge in [0.05, 0.1) is 12.7 Å². The van der Waals surface area contributed by atoms with E-state index in [0.29, 0.717) is 26.1 Å². The number of benzene rings is 1. The van der Waals surface area contributed by atoms with Crippen LogP contribution >= 0.6 is 0 Å². The molecule has 0 radical (unpaired) electrons. The second kappa shape index (κ2) is 12.2. The lowest BCUT2D eigenvalue weighted by Crippen LogP contribution is -2.57. The van der Waals surface area contributed by atoms with Crippen LogP contribution in [0.2, 0.25) is 0 Å². The van der Waals surface area contributed by atoms with Gasteiger partial charge >= 0.3 is 0 Å². The Kier molecular flexibility index (Phi) is 10.4. The summed E-state index contributed by atoms with van der Waals surface area (Å²) in [5.41, 5.74) is 4.29. The Morgan fingerprint density at radius 1 is 1.52 bits per heavy atom. The Morgan fingerprint density at radius 2 is 2.17 bits per heavy atom. The third-order valence-electron chi connectivity index (χ3n) is 4.76. The number of likely N-dealkylation sites (tertiary alicyclic amines) is 1. The lowest BCUT2D eigenvalue weighted by Gasteiger charge is -2.34. The molecule has 1 aliphatic heterocycles. The number of hydrogen-bond acceptors (Lipinski definition) is 6. The van der Waals surface area contributed by atoms with Crippen LogP contribution in [0.15, 0.2) is 37.0 Å². The topological polar surface area (TPSA) is 99.8 Å². The Morgan fingerprint density at radius 3 is 2.62 bits per heavy atom. The van der Waals surface area contributed by atoms with Crippen LogP contribution in [0, 0.1) is 17.8 Å². The van der Waals surface area contributed by atoms with Crippen molar-refractivity contribution in [2.75, 3.05) is 26.8 Å². The number of nitrogens with one attached hydrogen (secondary N) is 2. The first kappa shape index (κ1) is 24.7. The third-order valence-corrected chi connectivity index (χ3v) is 4.76. The summed E-state index contributed by atoms with van der Waals surface area (Å²) in [5, 5.41) is 12.5. The molecule has 1 heterocycles. The van der Waals surface area contributed by atoms with E-state index in [-0.39, 0.29) is 5.91 Å². The summed E-state index contributed by atoms with van der Waals surface area (Å²) in [4.78, 5) is 13.9. The standard InChI is InChI=1S/C11H23N3O3.C11H11N/c1-11(2,7-17-3)9(13-12)10(16)14-5-4-8(15)6-14;1-3-10-5-7-11(8-6-10)9-12-4-2/h8-9,13,15H,4-7,12H2,1-3H3;1,4-8,12H,2,9H2. The summed E-state index contributed by atoms with van der Waals surface area (Å²) in [6, 6.07) is 7.37. The maximum Gasteiger partial charge on any atom is 0.241 e. The van der Waals surface area contributed by atoms with Crippen molar-refractivity contribution in [3.63, 3.8) is 0 Å². The van der Waals surface area contributed by atoms with Gasteiger partial charge in [-0.05, 0) is 30.3 Å². The quantitative estimate of drug-likeness (QED) is 0.294. The number of hydrogen-bond donors (Lipinski definition) is 4. The van der Waals surface area contributed by atoms with Crippen LogP contribution in [-0.4, -0.2) is 54.9 Å². The van der Waals surface area contributed by atoms with Crippen molar-refractivity contribution in [1.82, 2.24) is 15.6 Å². The fourth-order valence-electron chi connectivity index (χ4n) is 3.12. The number of hydrazine groups is 1. The molecular formula is C22H34N4O3. The van der Waals surface area contributed by atoms with Crippen LogP contribution in [0.25, 0.3) is 0 Å². The second-order valence-corrected chi connectivity index (χ2v) is 7.67. The van der Waals surface area contributed by atoms with Crippen molar-refractivity contribution >= 4 is 5.91 Å². The minimum Gasteiger partial charge on any atom is -0.391 e. The lowest BCUT2D eigenvalue weighted by atomic mass is 9.84. The summed E-state index contributed by atoms with van der Waals surface area (Å²) in [6.45, 7) is 9.62. The molecule has 1 saturated heterocycles. The van der Waals surface area contributed by atoms with E-state index < -0.39 is 17.6 Å². The molecule has 0 spiro atoms. The third kappa shape index (κ3) is 7.87. The molecule has 0 aliphatic carbocycles. The van der Waals surface area contributed by atoms with Gasteiger partial charge in [0.25, 0.3) is 0 Å². The molecule has 1 aliphatic rings. The van der Waals surface area contributed by atoms with Gasteiger partial charge in [-0.2, -0.15) is 0 Å². The molecule has 2 unspecified atom stereocenters. The number of methoxy groups -OCH3 is 1. The van der Waals surface area contributed by atoms with Crippen LogP contribution in [0.1, 0.15) is 31.4 Å². The van der Waals surface area contributed by atoms with Crippen LogP contribution < -0.4 is 16.6 Å². The van der Waals surface area contributed by atoms with E-state index in [1.807, 2.05) is 38.1 Å². The molecule has 7 nitrogen and oxygen atoms in total. The van der Waals surface area contributed by atoms with Gasteiger partial charge in [-0.1, -0.05) is 38.5 Å². The molecule has 0 aromatic heterocycles. The summed E-state index contributed by atoms with van der Waals surface area (Å²) in [7, 11) is 1.60. The number of nitrogens with zero attached hydrogens (tertiary/aromatic N) is 1. The number of carbonyl (C=O) groups is 1. The number of terminal acetylenes is 1. The van der Waals surface area contributed by atoms with Crippen LogP contribution in [0.4, 0.5) is 0 Å². The number of carbonyl (C=O) groups excluding carboxylic acids is 1. The average Bonchev–Trinajstić information content (AvgIpc) is 3.14. The van der Waals surface area contributed by atoms with Gasteiger partial charge in [-0.25, -0.2) is 5.43 Å². The zero-order valence-electron chi connectivity index (χ0n) is 17.6. The number of amides is 1. The molecule has 1 amide bonds. The van der Waals surface area contributed by atoms with Crippen LogP contribution in [0.3, 0.4) is 0 Å². The van der Waals surface area contributed by atoms with Gasteiger partial charge in [-0.3, -0.25) is 10.6 Å². The number of β-amino-alcohol motifs (C(OH)–C–C–N with tert-alkyl or cyclic N) is 1. The van der Waals surface area contributed by atoms with Crippen molar-refractivity contribution in [2.45, 2.75) is 39.0 Å². The molecule has 1 aromatic rings. The van der Waals surface area contributed by atoms with Crippen molar-refractivity contribution in [3.05, 3.63) is 48.2 Å². The Balaban J connectivity index is 0.000000308. The van der Waals surface area contributed by atoms with Gasteiger partial charge in [-0.15, -0.1) is 6.42 Å². The predicted molar refractivity (Wildman–Crippen MR) is 115 cm³/mol. The summed E-state index contributed by atoms with van der Waals surface area (Å²) in [5.74, 6) is 7.97. The van der Waals surface area contributed by atoms with Crippen LogP contribution in [-0.2, 0) is 16.1 Å². The number of ether oxygens (including phenoxy) is 1.